The van der Waals surface area contributed by atoms with Gasteiger partial charge in [-0.15, -0.1) is 0 Å². The molecule has 6 rings (SSSR count). The third-order valence-corrected chi connectivity index (χ3v) is 5.89. The number of H-pyrrole nitrogens is 2. The summed E-state index contributed by atoms with van der Waals surface area (Å²) in [6, 6.07) is 16.7. The molecule has 0 saturated carbocycles. The Morgan fingerprint density at radius 1 is 0.750 bits per heavy atom. The molecular weight excluding hydrogens is 396 g/mol. The summed E-state index contributed by atoms with van der Waals surface area (Å²) in [4.78, 5) is 25.3. The number of imidazole rings is 2. The van der Waals surface area contributed by atoms with Crippen LogP contribution < -0.4 is 0 Å². The van der Waals surface area contributed by atoms with Crippen molar-refractivity contribution >= 4 is 32.7 Å². The summed E-state index contributed by atoms with van der Waals surface area (Å²) in [5, 5.41) is 3.30. The Kier molecular flexibility index (Phi) is 4.08. The zero-order valence-corrected chi connectivity index (χ0v) is 18.1. The highest BCUT2D eigenvalue weighted by Crippen LogP contribution is 2.30. The van der Waals surface area contributed by atoms with Gasteiger partial charge in [0.25, 0.3) is 0 Å². The molecule has 6 nitrogen and oxygen atoms in total. The predicted molar refractivity (Wildman–Crippen MR) is 129 cm³/mol. The van der Waals surface area contributed by atoms with E-state index in [-0.39, 0.29) is 0 Å². The van der Waals surface area contributed by atoms with Crippen LogP contribution in [-0.4, -0.2) is 29.9 Å². The minimum atomic E-state index is 0.362. The number of nitrogens with one attached hydrogen (secondary N) is 2. The maximum atomic E-state index is 4.82. The second-order valence-corrected chi connectivity index (χ2v) is 8.52. The third-order valence-electron chi connectivity index (χ3n) is 5.89. The molecule has 0 spiro atoms. The molecule has 0 amide bonds. The fourth-order valence-corrected chi connectivity index (χ4v) is 4.15. The van der Waals surface area contributed by atoms with E-state index in [0.29, 0.717) is 5.92 Å². The normalized spacial score (nSPS) is 11.9. The van der Waals surface area contributed by atoms with E-state index in [2.05, 4.69) is 76.2 Å². The molecule has 0 saturated heterocycles. The molecule has 156 valence electrons. The average molecular weight is 419 g/mol. The van der Waals surface area contributed by atoms with Gasteiger partial charge < -0.3 is 9.97 Å². The number of hydrogen-bond acceptors (Lipinski definition) is 4. The molecule has 6 aromatic rings. The van der Waals surface area contributed by atoms with Crippen LogP contribution in [0.15, 0.2) is 60.9 Å². The first-order chi connectivity index (χ1) is 15.5. The van der Waals surface area contributed by atoms with Crippen molar-refractivity contribution in [1.82, 2.24) is 29.9 Å². The number of aromatic nitrogens is 6. The number of fused-ring (bicyclic) bond motifs is 4. The van der Waals surface area contributed by atoms with Gasteiger partial charge in [0.15, 0.2) is 5.82 Å². The van der Waals surface area contributed by atoms with Gasteiger partial charge >= 0.3 is 0 Å². The first-order valence-electron chi connectivity index (χ1n) is 10.8. The van der Waals surface area contributed by atoms with Crippen LogP contribution in [0.2, 0.25) is 0 Å². The first kappa shape index (κ1) is 18.7. The maximum absolute atomic E-state index is 4.82. The van der Waals surface area contributed by atoms with E-state index in [0.717, 1.165) is 67.0 Å². The minimum Gasteiger partial charge on any atom is -0.342 e. The van der Waals surface area contributed by atoms with Gasteiger partial charge in [0.05, 0.1) is 28.4 Å². The smallest absolute Gasteiger partial charge is 0.159 e. The average Bonchev–Trinajstić information content (AvgIpc) is 3.44. The van der Waals surface area contributed by atoms with Crippen molar-refractivity contribution in [3.05, 3.63) is 72.6 Å². The van der Waals surface area contributed by atoms with E-state index in [4.69, 9.17) is 9.97 Å². The summed E-state index contributed by atoms with van der Waals surface area (Å²) in [6.45, 7) is 6.24. The SMILES string of the molecule is Cc1ncc(-c2ccc3nc(-c4ccc5c(ccc6nc(C(C)C)[nH]c65)c4)ncc3c2)[nH]1. The fraction of sp³-hybridized carbons (Fsp3) is 0.154. The van der Waals surface area contributed by atoms with E-state index in [1.165, 1.54) is 0 Å². The highest BCUT2D eigenvalue weighted by molar-refractivity contribution is 6.05. The first-order valence-corrected chi connectivity index (χ1v) is 10.8. The van der Waals surface area contributed by atoms with Crippen molar-refractivity contribution in [3.63, 3.8) is 0 Å². The number of aryl methyl sites for hydroxylation is 1. The van der Waals surface area contributed by atoms with Crippen LogP contribution in [0.3, 0.4) is 0 Å². The highest BCUT2D eigenvalue weighted by atomic mass is 14.9. The van der Waals surface area contributed by atoms with Crippen LogP contribution in [0.25, 0.3) is 55.4 Å². The van der Waals surface area contributed by atoms with E-state index in [9.17, 15) is 0 Å². The Bertz CT molecular complexity index is 1620. The molecule has 0 aliphatic heterocycles. The van der Waals surface area contributed by atoms with E-state index < -0.39 is 0 Å². The maximum Gasteiger partial charge on any atom is 0.159 e. The number of nitrogens with zero attached hydrogens (tertiary/aromatic N) is 4. The van der Waals surface area contributed by atoms with Crippen LogP contribution >= 0.6 is 0 Å². The Morgan fingerprint density at radius 2 is 1.56 bits per heavy atom. The Hall–Kier alpha value is -4.06. The lowest BCUT2D eigenvalue weighted by atomic mass is 10.0. The van der Waals surface area contributed by atoms with Gasteiger partial charge in [-0.3, -0.25) is 0 Å². The molecule has 0 unspecified atom stereocenters. The van der Waals surface area contributed by atoms with Gasteiger partial charge in [0.2, 0.25) is 0 Å². The summed E-state index contributed by atoms with van der Waals surface area (Å²) >= 11 is 0. The lowest BCUT2D eigenvalue weighted by Gasteiger charge is -2.06. The monoisotopic (exact) mass is 418 g/mol. The van der Waals surface area contributed by atoms with Crippen molar-refractivity contribution in [1.29, 1.82) is 0 Å². The third kappa shape index (κ3) is 3.03. The number of aromatic amines is 2. The van der Waals surface area contributed by atoms with Crippen LogP contribution in [-0.2, 0) is 0 Å². The van der Waals surface area contributed by atoms with Gasteiger partial charge in [0, 0.05) is 34.0 Å². The summed E-state index contributed by atoms with van der Waals surface area (Å²) in [6.07, 6.45) is 3.74. The largest absolute Gasteiger partial charge is 0.342 e. The van der Waals surface area contributed by atoms with Crippen molar-refractivity contribution in [2.75, 3.05) is 0 Å². The zero-order chi connectivity index (χ0) is 21.8. The lowest BCUT2D eigenvalue weighted by Crippen LogP contribution is -1.91. The van der Waals surface area contributed by atoms with E-state index >= 15 is 0 Å². The Balaban J connectivity index is 1.41. The molecule has 2 N–H and O–H groups in total. The predicted octanol–water partition coefficient (Wildman–Crippen LogP) is 6.15. The van der Waals surface area contributed by atoms with E-state index in [1.807, 2.05) is 25.4 Å². The van der Waals surface area contributed by atoms with Crippen LogP contribution in [0.5, 0.6) is 0 Å². The minimum absolute atomic E-state index is 0.362. The van der Waals surface area contributed by atoms with Gasteiger partial charge in [-0.25, -0.2) is 19.9 Å². The summed E-state index contributed by atoms with van der Waals surface area (Å²) in [5.41, 5.74) is 6.06. The molecule has 6 heteroatoms. The second-order valence-electron chi connectivity index (χ2n) is 8.52. The highest BCUT2D eigenvalue weighted by Gasteiger charge is 2.11. The second kappa shape index (κ2) is 6.99. The van der Waals surface area contributed by atoms with Crippen LogP contribution in [0, 0.1) is 6.92 Å². The van der Waals surface area contributed by atoms with E-state index in [1.54, 1.807) is 0 Å². The molecule has 0 bridgehead atoms. The number of benzene rings is 3. The topological polar surface area (TPSA) is 83.1 Å². The van der Waals surface area contributed by atoms with Crippen molar-refractivity contribution in [2.24, 2.45) is 0 Å². The van der Waals surface area contributed by atoms with Crippen LogP contribution in [0.4, 0.5) is 0 Å². The molecule has 0 atom stereocenters. The van der Waals surface area contributed by atoms with Gasteiger partial charge in [-0.05, 0) is 36.6 Å². The van der Waals surface area contributed by atoms with Crippen LogP contribution in [0.1, 0.15) is 31.4 Å². The molecule has 0 aliphatic rings. The van der Waals surface area contributed by atoms with Crippen molar-refractivity contribution in [3.8, 4) is 22.6 Å². The van der Waals surface area contributed by atoms with Crippen molar-refractivity contribution in [2.45, 2.75) is 26.7 Å². The number of hydrogen-bond donors (Lipinski definition) is 2. The zero-order valence-electron chi connectivity index (χ0n) is 18.1. The molecular formula is C26H22N6. The van der Waals surface area contributed by atoms with Gasteiger partial charge in [-0.2, -0.15) is 0 Å². The van der Waals surface area contributed by atoms with Gasteiger partial charge in [-0.1, -0.05) is 38.1 Å². The summed E-state index contributed by atoms with van der Waals surface area (Å²) in [5.74, 6) is 2.99. The van der Waals surface area contributed by atoms with Crippen molar-refractivity contribution < 1.29 is 0 Å². The summed E-state index contributed by atoms with van der Waals surface area (Å²) < 4.78 is 0. The molecule has 0 aliphatic carbocycles. The number of rotatable bonds is 3. The van der Waals surface area contributed by atoms with Gasteiger partial charge in [0.1, 0.15) is 11.6 Å². The Labute approximate surface area is 184 Å². The standard InChI is InChI=1S/C26H22N6/c1-14(2)25-31-22-9-5-16-10-18(4-7-20(16)24(22)32-25)26-28-12-19-11-17(6-8-21(19)30-26)23-13-27-15(3)29-23/h4-14H,1-3H3,(H,27,29)(H,31,32). The lowest BCUT2D eigenvalue weighted by molar-refractivity contribution is 0.799. The molecule has 0 fully saturated rings. The Morgan fingerprint density at radius 3 is 2.38 bits per heavy atom. The fourth-order valence-electron chi connectivity index (χ4n) is 4.15. The summed E-state index contributed by atoms with van der Waals surface area (Å²) in [7, 11) is 0. The molecule has 3 heterocycles. The molecule has 3 aromatic heterocycles. The molecule has 0 radical (unpaired) electrons. The molecule has 32 heavy (non-hydrogen) atoms. The molecule has 3 aromatic carbocycles. The quantitative estimate of drug-likeness (QED) is 0.361.